The molecule has 0 aliphatic heterocycles. The third-order valence-corrected chi connectivity index (χ3v) is 5.99. The van der Waals surface area contributed by atoms with Crippen LogP contribution >= 0.6 is 58.6 Å². The van der Waals surface area contributed by atoms with Gasteiger partial charge in [-0.3, -0.25) is 0 Å². The molecule has 0 aliphatic rings. The Balaban J connectivity index is 2.10. The normalized spacial score (nSPS) is 11.2. The van der Waals surface area contributed by atoms with Gasteiger partial charge in [0.25, 0.3) is 0 Å². The lowest BCUT2D eigenvalue weighted by molar-refractivity contribution is 0.717. The van der Waals surface area contributed by atoms with E-state index >= 15 is 0 Å². The molecule has 0 saturated heterocycles. The van der Waals surface area contributed by atoms with E-state index in [0.29, 0.717) is 15.6 Å². The minimum absolute atomic E-state index is 0.248. The zero-order valence-electron chi connectivity index (χ0n) is 13.8. The maximum atomic E-state index is 6.21. The summed E-state index contributed by atoms with van der Waals surface area (Å²) in [5, 5.41) is 1.23. The van der Waals surface area contributed by atoms with E-state index < -0.39 is 0 Å². The standard InChI is InChI=1S/C20H18Cl4S/c1-2-3-4-5-13-6-8-14(9-7-13)17(25)11-10-15-12-16(21)19(23)20(24)18(15)22/h6-12H,2-5H2,1H3. The number of thiocarbonyl (C=S) groups is 1. The van der Waals surface area contributed by atoms with Crippen molar-refractivity contribution in [2.75, 3.05) is 0 Å². The number of halogens is 4. The predicted octanol–water partition coefficient (Wildman–Crippen LogP) is 8.46. The summed E-state index contributed by atoms with van der Waals surface area (Å²) in [6, 6.07) is 10.0. The third-order valence-electron chi connectivity index (χ3n) is 3.85. The van der Waals surface area contributed by atoms with Crippen LogP contribution in [-0.2, 0) is 6.42 Å². The largest absolute Gasteiger partial charge is 0.0826 e. The van der Waals surface area contributed by atoms with Gasteiger partial charge in [0.05, 0.1) is 20.1 Å². The molecule has 0 aromatic heterocycles. The first kappa shape index (κ1) is 20.7. The number of benzene rings is 2. The molecule has 2 rings (SSSR count). The highest BCUT2D eigenvalue weighted by atomic mass is 35.5. The molecule has 0 bridgehead atoms. The molecule has 0 N–H and O–H groups in total. The number of rotatable bonds is 7. The molecule has 132 valence electrons. The first-order chi connectivity index (χ1) is 11.9. The molecule has 0 radical (unpaired) electrons. The van der Waals surface area contributed by atoms with Crippen molar-refractivity contribution >= 4 is 69.6 Å². The summed E-state index contributed by atoms with van der Waals surface area (Å²) in [6.07, 6.45) is 8.44. The van der Waals surface area contributed by atoms with E-state index in [-0.39, 0.29) is 10.0 Å². The molecular weight excluding hydrogens is 414 g/mol. The summed E-state index contributed by atoms with van der Waals surface area (Å²) >= 11 is 29.8. The summed E-state index contributed by atoms with van der Waals surface area (Å²) in [7, 11) is 0. The fourth-order valence-electron chi connectivity index (χ4n) is 2.39. The molecule has 25 heavy (non-hydrogen) atoms. The molecule has 0 saturated carbocycles. The second kappa shape index (κ2) is 9.94. The van der Waals surface area contributed by atoms with Crippen molar-refractivity contribution in [3.8, 4) is 0 Å². The maximum Gasteiger partial charge on any atom is 0.0799 e. The van der Waals surface area contributed by atoms with Gasteiger partial charge in [0.2, 0.25) is 0 Å². The minimum Gasteiger partial charge on any atom is -0.0826 e. The quantitative estimate of drug-likeness (QED) is 0.106. The van der Waals surface area contributed by atoms with Gasteiger partial charge in [0.1, 0.15) is 0 Å². The molecule has 0 amide bonds. The Hall–Kier alpha value is -0.570. The lowest BCUT2D eigenvalue weighted by atomic mass is 10.0. The van der Waals surface area contributed by atoms with E-state index in [1.165, 1.54) is 24.8 Å². The highest BCUT2D eigenvalue weighted by Gasteiger charge is 2.11. The Morgan fingerprint density at radius 3 is 2.28 bits per heavy atom. The average molecular weight is 432 g/mol. The molecule has 2 aromatic carbocycles. The van der Waals surface area contributed by atoms with E-state index in [0.717, 1.165) is 16.8 Å². The Bertz CT molecular complexity index is 779. The van der Waals surface area contributed by atoms with Crippen molar-refractivity contribution in [1.82, 2.24) is 0 Å². The summed E-state index contributed by atoms with van der Waals surface area (Å²) in [4.78, 5) is 0.721. The van der Waals surface area contributed by atoms with Gasteiger partial charge in [-0.05, 0) is 41.7 Å². The van der Waals surface area contributed by atoms with Crippen LogP contribution in [0.5, 0.6) is 0 Å². The number of hydrogen-bond acceptors (Lipinski definition) is 1. The molecule has 0 atom stereocenters. The van der Waals surface area contributed by atoms with Gasteiger partial charge in [0, 0.05) is 4.86 Å². The Morgan fingerprint density at radius 1 is 0.960 bits per heavy atom. The van der Waals surface area contributed by atoms with Gasteiger partial charge >= 0.3 is 0 Å². The lowest BCUT2D eigenvalue weighted by Gasteiger charge is -2.06. The van der Waals surface area contributed by atoms with Gasteiger partial charge in [0.15, 0.2) is 0 Å². The van der Waals surface area contributed by atoms with E-state index in [1.54, 1.807) is 12.1 Å². The molecular formula is C20H18Cl4S. The molecule has 0 unspecified atom stereocenters. The van der Waals surface area contributed by atoms with Crippen molar-refractivity contribution in [2.24, 2.45) is 0 Å². The fourth-order valence-corrected chi connectivity index (χ4v) is 3.47. The minimum atomic E-state index is 0.248. The molecule has 0 aliphatic carbocycles. The van der Waals surface area contributed by atoms with Crippen molar-refractivity contribution < 1.29 is 0 Å². The van der Waals surface area contributed by atoms with Gasteiger partial charge in [-0.25, -0.2) is 0 Å². The van der Waals surface area contributed by atoms with Gasteiger partial charge in [-0.1, -0.05) is 109 Å². The maximum absolute atomic E-state index is 6.21. The van der Waals surface area contributed by atoms with Crippen LogP contribution in [-0.4, -0.2) is 4.86 Å². The van der Waals surface area contributed by atoms with E-state index in [1.807, 2.05) is 6.08 Å². The fraction of sp³-hybridized carbons (Fsp3) is 0.250. The molecule has 0 fully saturated rings. The van der Waals surface area contributed by atoms with Gasteiger partial charge < -0.3 is 0 Å². The number of hydrogen-bond donors (Lipinski definition) is 0. The smallest absolute Gasteiger partial charge is 0.0799 e. The van der Waals surface area contributed by atoms with Crippen LogP contribution in [0, 0.1) is 0 Å². The molecule has 0 spiro atoms. The summed E-state index contributed by atoms with van der Waals surface area (Å²) in [5.41, 5.74) is 3.01. The van der Waals surface area contributed by atoms with Crippen LogP contribution < -0.4 is 0 Å². The Morgan fingerprint density at radius 2 is 1.64 bits per heavy atom. The molecule has 2 aromatic rings. The zero-order valence-corrected chi connectivity index (χ0v) is 17.6. The van der Waals surface area contributed by atoms with Crippen LogP contribution in [0.2, 0.25) is 20.1 Å². The first-order valence-corrected chi connectivity index (χ1v) is 10.0. The van der Waals surface area contributed by atoms with Crippen molar-refractivity contribution in [3.05, 3.63) is 73.2 Å². The topological polar surface area (TPSA) is 0 Å². The van der Waals surface area contributed by atoms with E-state index in [2.05, 4.69) is 31.2 Å². The van der Waals surface area contributed by atoms with Crippen molar-refractivity contribution in [3.63, 3.8) is 0 Å². The van der Waals surface area contributed by atoms with Crippen molar-refractivity contribution in [1.29, 1.82) is 0 Å². The van der Waals surface area contributed by atoms with E-state index in [4.69, 9.17) is 58.6 Å². The average Bonchev–Trinajstić information content (AvgIpc) is 2.62. The summed E-state index contributed by atoms with van der Waals surface area (Å²) in [5.74, 6) is 0. The lowest BCUT2D eigenvalue weighted by Crippen LogP contribution is -1.94. The monoisotopic (exact) mass is 430 g/mol. The van der Waals surface area contributed by atoms with Crippen LogP contribution in [0.4, 0.5) is 0 Å². The highest BCUT2D eigenvalue weighted by molar-refractivity contribution is 7.81. The van der Waals surface area contributed by atoms with Crippen LogP contribution in [0.15, 0.2) is 36.4 Å². The third kappa shape index (κ3) is 5.70. The second-order valence-electron chi connectivity index (χ2n) is 5.74. The summed E-state index contributed by atoms with van der Waals surface area (Å²) in [6.45, 7) is 2.21. The molecule has 5 heteroatoms. The van der Waals surface area contributed by atoms with Crippen molar-refractivity contribution in [2.45, 2.75) is 32.6 Å². The predicted molar refractivity (Wildman–Crippen MR) is 117 cm³/mol. The van der Waals surface area contributed by atoms with Crippen LogP contribution in [0.25, 0.3) is 6.08 Å². The van der Waals surface area contributed by atoms with Gasteiger partial charge in [-0.2, -0.15) is 0 Å². The number of aryl methyl sites for hydroxylation is 1. The second-order valence-corrected chi connectivity index (χ2v) is 7.72. The van der Waals surface area contributed by atoms with Gasteiger partial charge in [-0.15, -0.1) is 0 Å². The Kier molecular flexibility index (Phi) is 8.25. The van der Waals surface area contributed by atoms with E-state index in [9.17, 15) is 0 Å². The van der Waals surface area contributed by atoms with Crippen LogP contribution in [0.1, 0.15) is 42.9 Å². The first-order valence-electron chi connectivity index (χ1n) is 8.08. The highest BCUT2D eigenvalue weighted by Crippen LogP contribution is 2.38. The van der Waals surface area contributed by atoms with Crippen LogP contribution in [0.3, 0.4) is 0 Å². The number of unbranched alkanes of at least 4 members (excludes halogenated alkanes) is 2. The number of allylic oxidation sites excluding steroid dienone is 1. The molecule has 0 nitrogen and oxygen atoms in total. The molecule has 0 heterocycles. The SMILES string of the molecule is CCCCCc1ccc(C(=S)C=Cc2cc(Cl)c(Cl)c(Cl)c2Cl)cc1. The zero-order chi connectivity index (χ0) is 18.4. The Labute approximate surface area is 174 Å². The summed E-state index contributed by atoms with van der Waals surface area (Å²) < 4.78 is 0.